The molecule has 1 aliphatic rings. The van der Waals surface area contributed by atoms with E-state index >= 15 is 0 Å². The molecule has 0 saturated carbocycles. The van der Waals surface area contributed by atoms with Crippen molar-refractivity contribution < 1.29 is 19.1 Å². The molecule has 0 spiro atoms. The van der Waals surface area contributed by atoms with E-state index in [-0.39, 0.29) is 0 Å². The number of carboxylic acid groups (broad SMARTS) is 1. The Balaban J connectivity index is 2.15. The minimum atomic E-state index is -1.20. The molecule has 0 aliphatic carbocycles. The molecule has 1 fully saturated rings. The number of hydrogen-bond acceptors (Lipinski definition) is 2. The summed E-state index contributed by atoms with van der Waals surface area (Å²) in [5, 5.41) is 11.8. The highest BCUT2D eigenvalue weighted by Crippen LogP contribution is 2.30. The fraction of sp³-hybridized carbons (Fsp3) is 0.429. The number of nitrogens with zero attached hydrogens (tertiary/aromatic N) is 1. The summed E-state index contributed by atoms with van der Waals surface area (Å²) < 4.78 is 13.4. The lowest BCUT2D eigenvalue weighted by Gasteiger charge is -2.31. The smallest absolute Gasteiger partial charge is 0.329 e. The van der Waals surface area contributed by atoms with Gasteiger partial charge in [0.25, 0.3) is 0 Å². The average molecular weight is 280 g/mol. The van der Waals surface area contributed by atoms with Crippen molar-refractivity contribution in [3.8, 4) is 0 Å². The number of carboxylic acids is 1. The molecule has 1 unspecified atom stereocenters. The zero-order valence-electron chi connectivity index (χ0n) is 11.4. The maximum absolute atomic E-state index is 13.4. The van der Waals surface area contributed by atoms with Crippen molar-refractivity contribution in [2.75, 3.05) is 11.9 Å². The van der Waals surface area contributed by atoms with Gasteiger partial charge in [0.05, 0.1) is 0 Å². The summed E-state index contributed by atoms with van der Waals surface area (Å²) in [5.41, 5.74) is -0.398. The Morgan fingerprint density at radius 1 is 1.45 bits per heavy atom. The van der Waals surface area contributed by atoms with Crippen LogP contribution < -0.4 is 5.32 Å². The van der Waals surface area contributed by atoms with Gasteiger partial charge in [-0.25, -0.2) is 14.0 Å². The van der Waals surface area contributed by atoms with Crippen LogP contribution in [-0.4, -0.2) is 34.1 Å². The molecule has 2 rings (SSSR count). The van der Waals surface area contributed by atoms with E-state index in [4.69, 9.17) is 0 Å². The summed E-state index contributed by atoms with van der Waals surface area (Å²) in [5.74, 6) is -1.44. The molecule has 2 N–H and O–H groups in total. The second-order valence-corrected chi connectivity index (χ2v) is 5.23. The zero-order chi connectivity index (χ0) is 14.9. The second kappa shape index (κ2) is 5.11. The molecule has 5 nitrogen and oxygen atoms in total. The third-order valence-electron chi connectivity index (χ3n) is 3.77. The number of likely N-dealkylation sites (tertiary alicyclic amines) is 1. The molecule has 6 heteroatoms. The van der Waals surface area contributed by atoms with Crippen LogP contribution >= 0.6 is 0 Å². The van der Waals surface area contributed by atoms with E-state index in [0.717, 1.165) is 0 Å². The summed E-state index contributed by atoms with van der Waals surface area (Å²) in [6.45, 7) is 3.53. The Labute approximate surface area is 116 Å². The molecule has 1 aliphatic heterocycles. The van der Waals surface area contributed by atoms with Gasteiger partial charge >= 0.3 is 12.0 Å². The largest absolute Gasteiger partial charge is 0.480 e. The number of anilines is 1. The molecule has 1 aromatic rings. The zero-order valence-corrected chi connectivity index (χ0v) is 11.4. The Kier molecular flexibility index (Phi) is 3.65. The van der Waals surface area contributed by atoms with Gasteiger partial charge in [0.1, 0.15) is 11.4 Å². The molecular weight excluding hydrogens is 263 g/mol. The maximum Gasteiger partial charge on any atom is 0.329 e. The first kappa shape index (κ1) is 14.3. The van der Waals surface area contributed by atoms with E-state index in [1.165, 1.54) is 17.9 Å². The van der Waals surface area contributed by atoms with Crippen LogP contribution in [0.1, 0.15) is 25.3 Å². The van der Waals surface area contributed by atoms with Crippen molar-refractivity contribution in [3.63, 3.8) is 0 Å². The Hall–Kier alpha value is -2.11. The third-order valence-corrected chi connectivity index (χ3v) is 3.77. The van der Waals surface area contributed by atoms with E-state index in [2.05, 4.69) is 5.32 Å². The van der Waals surface area contributed by atoms with Gasteiger partial charge in [0.2, 0.25) is 0 Å². The number of halogens is 1. The molecule has 1 aromatic carbocycles. The van der Waals surface area contributed by atoms with Crippen LogP contribution in [0.15, 0.2) is 18.2 Å². The molecular formula is C14H17FN2O3. The standard InChI is InChI=1S/C14H17FN2O3/c1-9-4-5-10(8-11(9)15)16-13(20)17-7-3-6-14(17,2)12(18)19/h4-5,8H,3,6-7H2,1-2H3,(H,16,20)(H,18,19). The van der Waals surface area contributed by atoms with Gasteiger partial charge in [-0.05, 0) is 44.4 Å². The molecule has 2 amide bonds. The van der Waals surface area contributed by atoms with E-state index in [1.807, 2.05) is 0 Å². The van der Waals surface area contributed by atoms with Crippen molar-refractivity contribution in [1.82, 2.24) is 4.90 Å². The summed E-state index contributed by atoms with van der Waals surface area (Å²) in [6.07, 6.45) is 1.05. The number of carbonyl (C=O) groups is 2. The fourth-order valence-electron chi connectivity index (χ4n) is 2.37. The van der Waals surface area contributed by atoms with Crippen LogP contribution in [0.2, 0.25) is 0 Å². The molecule has 0 aromatic heterocycles. The molecule has 0 radical (unpaired) electrons. The van der Waals surface area contributed by atoms with Crippen molar-refractivity contribution >= 4 is 17.7 Å². The van der Waals surface area contributed by atoms with Gasteiger partial charge in [-0.2, -0.15) is 0 Å². The number of benzene rings is 1. The van der Waals surface area contributed by atoms with Gasteiger partial charge in [-0.1, -0.05) is 6.07 Å². The lowest BCUT2D eigenvalue weighted by Crippen LogP contribution is -2.52. The van der Waals surface area contributed by atoms with E-state index in [9.17, 15) is 19.1 Å². The van der Waals surface area contributed by atoms with Gasteiger partial charge < -0.3 is 15.3 Å². The summed E-state index contributed by atoms with van der Waals surface area (Å²) in [4.78, 5) is 24.8. The highest BCUT2D eigenvalue weighted by Gasteiger charge is 2.46. The number of rotatable bonds is 2. The Bertz CT molecular complexity index is 561. The first-order valence-electron chi connectivity index (χ1n) is 6.43. The molecule has 1 atom stereocenters. The normalized spacial score (nSPS) is 21.9. The van der Waals surface area contributed by atoms with E-state index in [0.29, 0.717) is 30.6 Å². The second-order valence-electron chi connectivity index (χ2n) is 5.23. The van der Waals surface area contributed by atoms with Gasteiger partial charge in [-0.15, -0.1) is 0 Å². The SMILES string of the molecule is Cc1ccc(NC(=O)N2CCCC2(C)C(=O)O)cc1F. The molecule has 1 saturated heterocycles. The average Bonchev–Trinajstić information content (AvgIpc) is 2.77. The Morgan fingerprint density at radius 2 is 2.15 bits per heavy atom. The minimum absolute atomic E-state index is 0.317. The van der Waals surface area contributed by atoms with Gasteiger partial charge in [-0.3, -0.25) is 0 Å². The van der Waals surface area contributed by atoms with Gasteiger partial charge in [0.15, 0.2) is 0 Å². The predicted molar refractivity (Wildman–Crippen MR) is 72.1 cm³/mol. The van der Waals surface area contributed by atoms with Crippen LogP contribution in [0.25, 0.3) is 0 Å². The highest BCUT2D eigenvalue weighted by molar-refractivity contribution is 5.94. The summed E-state index contributed by atoms with van der Waals surface area (Å²) in [6, 6.07) is 3.85. The number of urea groups is 1. The molecule has 0 bridgehead atoms. The quantitative estimate of drug-likeness (QED) is 0.874. The monoisotopic (exact) mass is 280 g/mol. The molecule has 108 valence electrons. The molecule has 20 heavy (non-hydrogen) atoms. The summed E-state index contributed by atoms with van der Waals surface area (Å²) in [7, 11) is 0. The van der Waals surface area contributed by atoms with E-state index < -0.39 is 23.4 Å². The number of aryl methyl sites for hydroxylation is 1. The first-order valence-corrected chi connectivity index (χ1v) is 6.43. The summed E-state index contributed by atoms with van der Waals surface area (Å²) >= 11 is 0. The lowest BCUT2D eigenvalue weighted by molar-refractivity contribution is -0.146. The molecule has 1 heterocycles. The van der Waals surface area contributed by atoms with Crippen molar-refractivity contribution in [1.29, 1.82) is 0 Å². The maximum atomic E-state index is 13.4. The van der Waals surface area contributed by atoms with Crippen LogP contribution in [-0.2, 0) is 4.79 Å². The van der Waals surface area contributed by atoms with Crippen molar-refractivity contribution in [2.45, 2.75) is 32.2 Å². The number of hydrogen-bond donors (Lipinski definition) is 2. The Morgan fingerprint density at radius 3 is 2.75 bits per heavy atom. The first-order chi connectivity index (χ1) is 9.34. The lowest BCUT2D eigenvalue weighted by atomic mass is 10.00. The number of nitrogens with one attached hydrogen (secondary N) is 1. The van der Waals surface area contributed by atoms with Crippen molar-refractivity contribution in [3.05, 3.63) is 29.6 Å². The minimum Gasteiger partial charge on any atom is -0.480 e. The van der Waals surface area contributed by atoms with Crippen LogP contribution in [0.5, 0.6) is 0 Å². The number of amides is 2. The van der Waals surface area contributed by atoms with Crippen LogP contribution in [0, 0.1) is 12.7 Å². The third kappa shape index (κ3) is 2.45. The number of carbonyl (C=O) groups excluding carboxylic acids is 1. The number of aliphatic carboxylic acids is 1. The predicted octanol–water partition coefficient (Wildman–Crippen LogP) is 2.61. The fourth-order valence-corrected chi connectivity index (χ4v) is 2.37. The van der Waals surface area contributed by atoms with Crippen LogP contribution in [0.3, 0.4) is 0 Å². The van der Waals surface area contributed by atoms with Crippen LogP contribution in [0.4, 0.5) is 14.9 Å². The van der Waals surface area contributed by atoms with E-state index in [1.54, 1.807) is 19.1 Å². The van der Waals surface area contributed by atoms with Crippen molar-refractivity contribution in [2.24, 2.45) is 0 Å². The topological polar surface area (TPSA) is 69.6 Å². The highest BCUT2D eigenvalue weighted by atomic mass is 19.1. The van der Waals surface area contributed by atoms with Gasteiger partial charge in [0, 0.05) is 12.2 Å².